The second-order valence-electron chi connectivity index (χ2n) is 6.91. The Morgan fingerprint density at radius 2 is 1.97 bits per heavy atom. The van der Waals surface area contributed by atoms with Gasteiger partial charge in [-0.3, -0.25) is 14.9 Å². The van der Waals surface area contributed by atoms with Gasteiger partial charge in [0.05, 0.1) is 36.3 Å². The van der Waals surface area contributed by atoms with Crippen LogP contribution < -0.4 is 10.2 Å². The first-order valence-electron chi connectivity index (χ1n) is 9.45. The summed E-state index contributed by atoms with van der Waals surface area (Å²) in [5.74, 6) is 0.484. The van der Waals surface area contributed by atoms with Gasteiger partial charge in [0, 0.05) is 22.2 Å². The molecule has 2 heterocycles. The van der Waals surface area contributed by atoms with E-state index in [-0.39, 0.29) is 5.91 Å². The fraction of sp³-hybridized carbons (Fsp3) is 0.130. The number of aromatic amines is 1. The number of hydrogen-bond donors (Lipinski definition) is 2. The smallest absolute Gasteiger partial charge is 0.272 e. The molecule has 0 saturated heterocycles. The fourth-order valence-corrected chi connectivity index (χ4v) is 3.31. The first-order chi connectivity index (χ1) is 14.6. The molecule has 0 fully saturated rings. The van der Waals surface area contributed by atoms with E-state index >= 15 is 0 Å². The van der Waals surface area contributed by atoms with Crippen molar-refractivity contribution in [3.05, 3.63) is 77.1 Å². The molecule has 0 spiro atoms. The SMILES string of the molecule is COc1ccc(-c2[nH]ncc2C=NNC(=O)c2cc(C)nc3c(C)cccc23)cc1. The predicted octanol–water partition coefficient (Wildman–Crippen LogP) is 4.01. The highest BCUT2D eigenvalue weighted by Crippen LogP contribution is 2.23. The summed E-state index contributed by atoms with van der Waals surface area (Å²) < 4.78 is 5.19. The summed E-state index contributed by atoms with van der Waals surface area (Å²) in [5.41, 5.74) is 8.28. The van der Waals surface area contributed by atoms with Crippen molar-refractivity contribution in [2.75, 3.05) is 7.11 Å². The number of carbonyl (C=O) groups excluding carboxylic acids is 1. The van der Waals surface area contributed by atoms with Crippen LogP contribution in [0.1, 0.15) is 27.2 Å². The number of pyridine rings is 1. The number of fused-ring (bicyclic) bond motifs is 1. The van der Waals surface area contributed by atoms with E-state index < -0.39 is 0 Å². The molecule has 0 atom stereocenters. The number of hydrogen-bond acceptors (Lipinski definition) is 5. The van der Waals surface area contributed by atoms with Crippen molar-refractivity contribution in [3.8, 4) is 17.0 Å². The first-order valence-corrected chi connectivity index (χ1v) is 9.45. The summed E-state index contributed by atoms with van der Waals surface area (Å²) in [6.45, 7) is 3.85. The van der Waals surface area contributed by atoms with Crippen LogP contribution in [0.2, 0.25) is 0 Å². The number of hydrazone groups is 1. The highest BCUT2D eigenvalue weighted by Gasteiger charge is 2.13. The number of ether oxygens (including phenoxy) is 1. The van der Waals surface area contributed by atoms with E-state index in [1.54, 1.807) is 25.6 Å². The Balaban J connectivity index is 1.56. The Labute approximate surface area is 173 Å². The third-order valence-corrected chi connectivity index (χ3v) is 4.83. The molecule has 30 heavy (non-hydrogen) atoms. The zero-order valence-electron chi connectivity index (χ0n) is 16.9. The average molecular weight is 399 g/mol. The molecule has 0 unspecified atom stereocenters. The van der Waals surface area contributed by atoms with E-state index in [1.165, 1.54) is 0 Å². The molecule has 0 bridgehead atoms. The molecule has 0 aliphatic rings. The second-order valence-corrected chi connectivity index (χ2v) is 6.91. The highest BCUT2D eigenvalue weighted by atomic mass is 16.5. The molecule has 150 valence electrons. The summed E-state index contributed by atoms with van der Waals surface area (Å²) in [5, 5.41) is 12.0. The Morgan fingerprint density at radius 3 is 2.73 bits per heavy atom. The van der Waals surface area contributed by atoms with Gasteiger partial charge in [0.15, 0.2) is 0 Å². The molecule has 0 aliphatic heterocycles. The molecular weight excluding hydrogens is 378 g/mol. The summed E-state index contributed by atoms with van der Waals surface area (Å²) in [6, 6.07) is 15.2. The van der Waals surface area contributed by atoms with E-state index in [1.807, 2.05) is 56.3 Å². The van der Waals surface area contributed by atoms with Crippen LogP contribution in [0.25, 0.3) is 22.2 Å². The molecule has 0 saturated carbocycles. The quantitative estimate of drug-likeness (QED) is 0.392. The van der Waals surface area contributed by atoms with Gasteiger partial charge in [-0.05, 0) is 49.7 Å². The van der Waals surface area contributed by atoms with Gasteiger partial charge in [-0.2, -0.15) is 10.2 Å². The molecule has 2 aromatic heterocycles. The van der Waals surface area contributed by atoms with Crippen LogP contribution in [0.3, 0.4) is 0 Å². The van der Waals surface area contributed by atoms with Crippen LogP contribution in [-0.2, 0) is 0 Å². The van der Waals surface area contributed by atoms with Gasteiger partial charge in [0.25, 0.3) is 5.91 Å². The minimum Gasteiger partial charge on any atom is -0.497 e. The van der Waals surface area contributed by atoms with E-state index in [9.17, 15) is 4.79 Å². The Kier molecular flexibility index (Phi) is 5.26. The van der Waals surface area contributed by atoms with Crippen LogP contribution in [0.15, 0.2) is 59.8 Å². The van der Waals surface area contributed by atoms with Crippen molar-refractivity contribution in [3.63, 3.8) is 0 Å². The van der Waals surface area contributed by atoms with E-state index in [2.05, 4.69) is 25.7 Å². The zero-order chi connectivity index (χ0) is 21.1. The van der Waals surface area contributed by atoms with Crippen LogP contribution in [0, 0.1) is 13.8 Å². The third kappa shape index (κ3) is 3.77. The number of methoxy groups -OCH3 is 1. The number of amides is 1. The van der Waals surface area contributed by atoms with Gasteiger partial charge < -0.3 is 4.74 Å². The lowest BCUT2D eigenvalue weighted by molar-refractivity contribution is 0.0956. The van der Waals surface area contributed by atoms with Gasteiger partial charge in [0.1, 0.15) is 5.75 Å². The highest BCUT2D eigenvalue weighted by molar-refractivity contribution is 6.07. The maximum atomic E-state index is 12.8. The molecule has 2 aromatic carbocycles. The maximum absolute atomic E-state index is 12.8. The van der Waals surface area contributed by atoms with Crippen molar-refractivity contribution < 1.29 is 9.53 Å². The number of nitrogens with one attached hydrogen (secondary N) is 2. The van der Waals surface area contributed by atoms with Crippen molar-refractivity contribution in [1.29, 1.82) is 0 Å². The molecule has 7 heteroatoms. The lowest BCUT2D eigenvalue weighted by Gasteiger charge is -2.08. The Morgan fingerprint density at radius 1 is 1.17 bits per heavy atom. The number of nitrogens with zero attached hydrogens (tertiary/aromatic N) is 3. The maximum Gasteiger partial charge on any atom is 0.272 e. The number of H-pyrrole nitrogens is 1. The second kappa shape index (κ2) is 8.16. The van der Waals surface area contributed by atoms with Crippen LogP contribution >= 0.6 is 0 Å². The lowest BCUT2D eigenvalue weighted by atomic mass is 10.0. The van der Waals surface area contributed by atoms with Gasteiger partial charge in [-0.25, -0.2) is 5.43 Å². The minimum absolute atomic E-state index is 0.290. The molecule has 0 aliphatic carbocycles. The van der Waals surface area contributed by atoms with Crippen molar-refractivity contribution in [2.24, 2.45) is 5.10 Å². The number of benzene rings is 2. The fourth-order valence-electron chi connectivity index (χ4n) is 3.31. The van der Waals surface area contributed by atoms with Crippen molar-refractivity contribution in [1.82, 2.24) is 20.6 Å². The zero-order valence-corrected chi connectivity index (χ0v) is 16.9. The van der Waals surface area contributed by atoms with Crippen molar-refractivity contribution in [2.45, 2.75) is 13.8 Å². The summed E-state index contributed by atoms with van der Waals surface area (Å²) in [6.07, 6.45) is 3.23. The number of aromatic nitrogens is 3. The largest absolute Gasteiger partial charge is 0.497 e. The van der Waals surface area contributed by atoms with Gasteiger partial charge in [-0.15, -0.1) is 0 Å². The lowest BCUT2D eigenvalue weighted by Crippen LogP contribution is -2.18. The Bertz CT molecular complexity index is 1240. The van der Waals surface area contributed by atoms with Crippen LogP contribution in [-0.4, -0.2) is 34.4 Å². The average Bonchev–Trinajstić information content (AvgIpc) is 3.22. The number of aryl methyl sites for hydroxylation is 2. The molecule has 0 radical (unpaired) electrons. The van der Waals surface area contributed by atoms with Gasteiger partial charge >= 0.3 is 0 Å². The van der Waals surface area contributed by atoms with Gasteiger partial charge in [-0.1, -0.05) is 18.2 Å². The predicted molar refractivity (Wildman–Crippen MR) is 117 cm³/mol. The van der Waals surface area contributed by atoms with Gasteiger partial charge in [0.2, 0.25) is 0 Å². The molecular formula is C23H21N5O2. The van der Waals surface area contributed by atoms with E-state index in [4.69, 9.17) is 4.74 Å². The number of carbonyl (C=O) groups is 1. The number of para-hydroxylation sites is 1. The monoisotopic (exact) mass is 399 g/mol. The first kappa shape index (κ1) is 19.3. The minimum atomic E-state index is -0.290. The molecule has 2 N–H and O–H groups in total. The van der Waals surface area contributed by atoms with Crippen molar-refractivity contribution >= 4 is 23.0 Å². The molecule has 7 nitrogen and oxygen atoms in total. The molecule has 1 amide bonds. The van der Waals surface area contributed by atoms with Crippen LogP contribution in [0.4, 0.5) is 0 Å². The summed E-state index contributed by atoms with van der Waals surface area (Å²) >= 11 is 0. The third-order valence-electron chi connectivity index (χ3n) is 4.83. The van der Waals surface area contributed by atoms with Crippen LogP contribution in [0.5, 0.6) is 5.75 Å². The topological polar surface area (TPSA) is 92.3 Å². The Hall–Kier alpha value is -4.00. The molecule has 4 rings (SSSR count). The number of rotatable bonds is 5. The molecule has 4 aromatic rings. The standard InChI is InChI=1S/C23H21N5O2/c1-14-5-4-6-19-20(11-15(2)26-21(14)19)23(29)28-25-13-17-12-24-27-22(17)16-7-9-18(30-3)10-8-16/h4-13H,1-3H3,(H,24,27)(H,28,29). The summed E-state index contributed by atoms with van der Waals surface area (Å²) in [7, 11) is 1.63. The van der Waals surface area contributed by atoms with E-state index in [0.29, 0.717) is 5.56 Å². The van der Waals surface area contributed by atoms with E-state index in [0.717, 1.165) is 44.7 Å². The summed E-state index contributed by atoms with van der Waals surface area (Å²) in [4.78, 5) is 17.3. The normalized spacial score (nSPS) is 11.2.